The molecule has 0 aromatic carbocycles. The minimum absolute atomic E-state index is 0.316. The van der Waals surface area contributed by atoms with E-state index in [1.807, 2.05) is 7.05 Å². The maximum absolute atomic E-state index is 13.0. The molecule has 0 aliphatic carbocycles. The van der Waals surface area contributed by atoms with Gasteiger partial charge in [-0.15, -0.1) is 0 Å². The van der Waals surface area contributed by atoms with Crippen LogP contribution in [-0.2, 0) is 19.6 Å². The molecule has 2 rings (SSSR count). The number of carbonyl (C=O) groups excluding carboxylic acids is 1. The molecular weight excluding hydrogens is 296 g/mol. The van der Waals surface area contributed by atoms with Gasteiger partial charge in [0.2, 0.25) is 5.78 Å². The molecule has 0 saturated carbocycles. The second-order valence-corrected chi connectivity index (χ2v) is 6.83. The summed E-state index contributed by atoms with van der Waals surface area (Å²) in [6.45, 7) is -1.01. The summed E-state index contributed by atoms with van der Waals surface area (Å²) in [5, 5.41) is -4.81. The molecule has 2 aliphatic heterocycles. The number of hydrogen-bond donors (Lipinski definition) is 1. The fourth-order valence-corrected chi connectivity index (χ4v) is 3.27. The summed E-state index contributed by atoms with van der Waals surface area (Å²) in [7, 11) is -3.75. The van der Waals surface area contributed by atoms with Crippen LogP contribution in [0.4, 0.5) is 8.78 Å². The van der Waals surface area contributed by atoms with E-state index in [0.717, 1.165) is 12.8 Å². The number of hydrogen-bond acceptors (Lipinski definition) is 5. The molecule has 0 spiro atoms. The molecule has 9 heteroatoms. The predicted molar refractivity (Wildman–Crippen MR) is 65.0 cm³/mol. The fourth-order valence-electron chi connectivity index (χ4n) is 2.92. The van der Waals surface area contributed by atoms with Gasteiger partial charge in [0.1, 0.15) is 6.61 Å². The van der Waals surface area contributed by atoms with Crippen LogP contribution in [0.3, 0.4) is 0 Å². The van der Waals surface area contributed by atoms with E-state index in [4.69, 9.17) is 9.29 Å². The van der Waals surface area contributed by atoms with Gasteiger partial charge in [0.05, 0.1) is 6.10 Å². The number of nitrogens with zero attached hydrogens (tertiary/aromatic N) is 1. The maximum Gasteiger partial charge on any atom is 0.429 e. The minimum Gasteiger partial charge on any atom is -0.370 e. The van der Waals surface area contributed by atoms with Crippen molar-refractivity contribution < 1.29 is 31.3 Å². The van der Waals surface area contributed by atoms with Crippen molar-refractivity contribution in [2.75, 3.05) is 13.7 Å². The van der Waals surface area contributed by atoms with Gasteiger partial charge >= 0.3 is 15.4 Å². The lowest BCUT2D eigenvalue weighted by atomic mass is 10.0. The zero-order valence-electron chi connectivity index (χ0n) is 11.0. The number of carbonyl (C=O) groups is 1. The second kappa shape index (κ2) is 5.28. The van der Waals surface area contributed by atoms with Crippen molar-refractivity contribution in [3.63, 3.8) is 0 Å². The SMILES string of the molecule is CN1C2CCC1CC(OCC(=O)C(F)(F)S(=O)(=O)O)C2. The van der Waals surface area contributed by atoms with Crippen LogP contribution in [-0.4, -0.2) is 60.8 Å². The Hall–Kier alpha value is -0.640. The summed E-state index contributed by atoms with van der Waals surface area (Å²) in [6, 6.07) is 0.631. The molecule has 116 valence electrons. The summed E-state index contributed by atoms with van der Waals surface area (Å²) in [6.07, 6.45) is 2.96. The topological polar surface area (TPSA) is 83.9 Å². The molecule has 2 heterocycles. The summed E-state index contributed by atoms with van der Waals surface area (Å²) in [5.41, 5.74) is 0. The summed E-state index contributed by atoms with van der Waals surface area (Å²) >= 11 is 0. The number of alkyl halides is 2. The van der Waals surface area contributed by atoms with Gasteiger partial charge in [-0.1, -0.05) is 0 Å². The van der Waals surface area contributed by atoms with Crippen molar-refractivity contribution in [3.8, 4) is 0 Å². The van der Waals surface area contributed by atoms with E-state index < -0.39 is 27.8 Å². The third-order valence-corrected chi connectivity index (χ3v) is 5.03. The number of rotatable bonds is 5. The van der Waals surface area contributed by atoms with Gasteiger partial charge in [0, 0.05) is 12.1 Å². The molecule has 2 saturated heterocycles. The van der Waals surface area contributed by atoms with Crippen LogP contribution in [0.15, 0.2) is 0 Å². The molecule has 2 unspecified atom stereocenters. The highest BCUT2D eigenvalue weighted by molar-refractivity contribution is 7.87. The van der Waals surface area contributed by atoms with E-state index in [2.05, 4.69) is 4.90 Å². The first-order chi connectivity index (χ1) is 9.13. The monoisotopic (exact) mass is 313 g/mol. The van der Waals surface area contributed by atoms with E-state index in [1.54, 1.807) is 0 Å². The Kier molecular flexibility index (Phi) is 4.16. The fraction of sp³-hybridized carbons (Fsp3) is 0.909. The number of ketones is 1. The van der Waals surface area contributed by atoms with Crippen molar-refractivity contribution in [1.29, 1.82) is 0 Å². The predicted octanol–water partition coefficient (Wildman–Crippen LogP) is 0.678. The van der Waals surface area contributed by atoms with Gasteiger partial charge in [-0.05, 0) is 32.7 Å². The zero-order valence-corrected chi connectivity index (χ0v) is 11.8. The number of Topliss-reactive ketones (excluding diaryl/α,β-unsaturated/α-hetero) is 1. The van der Waals surface area contributed by atoms with E-state index >= 15 is 0 Å². The number of ether oxygens (including phenoxy) is 1. The van der Waals surface area contributed by atoms with E-state index in [9.17, 15) is 22.0 Å². The smallest absolute Gasteiger partial charge is 0.370 e. The van der Waals surface area contributed by atoms with Crippen LogP contribution in [0.1, 0.15) is 25.7 Å². The quantitative estimate of drug-likeness (QED) is 0.751. The highest BCUT2D eigenvalue weighted by Crippen LogP contribution is 2.35. The van der Waals surface area contributed by atoms with Crippen molar-refractivity contribution in [1.82, 2.24) is 4.90 Å². The van der Waals surface area contributed by atoms with Gasteiger partial charge in [-0.3, -0.25) is 9.35 Å². The first kappa shape index (κ1) is 15.7. The van der Waals surface area contributed by atoms with Crippen LogP contribution in [0, 0.1) is 0 Å². The van der Waals surface area contributed by atoms with Gasteiger partial charge in [-0.25, -0.2) is 0 Å². The average Bonchev–Trinajstić information content (AvgIpc) is 2.58. The molecule has 2 bridgehead atoms. The van der Waals surface area contributed by atoms with Crippen LogP contribution in [0.2, 0.25) is 0 Å². The first-order valence-electron chi connectivity index (χ1n) is 6.34. The lowest BCUT2D eigenvalue weighted by Crippen LogP contribution is -2.45. The Bertz CT molecular complexity index is 481. The van der Waals surface area contributed by atoms with Crippen LogP contribution >= 0.6 is 0 Å². The minimum atomic E-state index is -5.74. The van der Waals surface area contributed by atoms with E-state index in [1.165, 1.54) is 0 Å². The van der Waals surface area contributed by atoms with Gasteiger partial charge in [0.15, 0.2) is 0 Å². The molecule has 0 amide bonds. The zero-order chi connectivity index (χ0) is 15.1. The van der Waals surface area contributed by atoms with Gasteiger partial charge < -0.3 is 9.64 Å². The largest absolute Gasteiger partial charge is 0.429 e. The van der Waals surface area contributed by atoms with Gasteiger partial charge in [-0.2, -0.15) is 17.2 Å². The second-order valence-electron chi connectivity index (χ2n) is 5.37. The molecule has 20 heavy (non-hydrogen) atoms. The van der Waals surface area contributed by atoms with Crippen molar-refractivity contribution in [3.05, 3.63) is 0 Å². The van der Waals surface area contributed by atoms with E-state index in [0.29, 0.717) is 24.9 Å². The average molecular weight is 313 g/mol. The number of piperidine rings is 1. The summed E-state index contributed by atoms with van der Waals surface area (Å²) in [4.78, 5) is 13.4. The highest BCUT2D eigenvalue weighted by atomic mass is 32.2. The molecule has 2 atom stereocenters. The van der Waals surface area contributed by atoms with Crippen molar-refractivity contribution in [2.45, 2.75) is 49.1 Å². The lowest BCUT2D eigenvalue weighted by Gasteiger charge is -2.36. The molecule has 1 N–H and O–H groups in total. The van der Waals surface area contributed by atoms with Crippen molar-refractivity contribution >= 4 is 15.9 Å². The van der Waals surface area contributed by atoms with E-state index in [-0.39, 0.29) is 6.10 Å². The standard InChI is InChI=1S/C11H17F2NO5S/c1-14-7-2-3-8(14)5-9(4-7)19-6-10(15)11(12,13)20(16,17)18/h7-9H,2-6H2,1H3,(H,16,17,18). The van der Waals surface area contributed by atoms with Gasteiger partial charge in [0.25, 0.3) is 0 Å². The Morgan fingerprint density at radius 1 is 1.35 bits per heavy atom. The molecule has 2 aliphatic rings. The lowest BCUT2D eigenvalue weighted by molar-refractivity contribution is -0.142. The molecule has 0 aromatic heterocycles. The number of halogens is 2. The Morgan fingerprint density at radius 3 is 2.30 bits per heavy atom. The molecule has 6 nitrogen and oxygen atoms in total. The summed E-state index contributed by atoms with van der Waals surface area (Å²) in [5.74, 6) is -1.94. The third kappa shape index (κ3) is 2.85. The Morgan fingerprint density at radius 2 is 1.85 bits per heavy atom. The normalized spacial score (nSPS) is 31.5. The molecule has 2 fully saturated rings. The number of fused-ring (bicyclic) bond motifs is 2. The van der Waals surface area contributed by atoms with Crippen LogP contribution in [0.5, 0.6) is 0 Å². The van der Waals surface area contributed by atoms with Crippen LogP contribution in [0.25, 0.3) is 0 Å². The van der Waals surface area contributed by atoms with Crippen LogP contribution < -0.4 is 0 Å². The third-order valence-electron chi connectivity index (χ3n) is 4.15. The molecule has 0 aromatic rings. The molecular formula is C11H17F2NO5S. The Labute approximate surface area is 115 Å². The Balaban J connectivity index is 1.89. The van der Waals surface area contributed by atoms with Crippen molar-refractivity contribution in [2.24, 2.45) is 0 Å². The summed E-state index contributed by atoms with van der Waals surface area (Å²) < 4.78 is 60.4. The maximum atomic E-state index is 13.0. The highest BCUT2D eigenvalue weighted by Gasteiger charge is 2.52. The molecule has 0 radical (unpaired) electrons. The first-order valence-corrected chi connectivity index (χ1v) is 7.78.